The van der Waals surface area contributed by atoms with Crippen LogP contribution in [0, 0.1) is 50.2 Å². The van der Waals surface area contributed by atoms with Crippen LogP contribution in [-0.4, -0.2) is 315 Å². The molecule has 6 heterocycles. The average Bonchev–Trinajstić information content (AvgIpc) is 0.674. The Balaban J connectivity index is 0.884. The van der Waals surface area contributed by atoms with E-state index in [4.69, 9.17) is 56.8 Å². The molecule has 18 N–H and O–H groups in total. The Morgan fingerprint density at radius 1 is 0.500 bits per heavy atom. The van der Waals surface area contributed by atoms with Gasteiger partial charge in [0.2, 0.25) is 0 Å². The molecule has 0 aromatic rings. The number of fused-ring (bicyclic) bond motifs is 7. The van der Waals surface area contributed by atoms with Gasteiger partial charge in [0.15, 0.2) is 37.7 Å². The normalized spacial score (nSPS) is 55.1. The first-order valence-corrected chi connectivity index (χ1v) is 33.1. The van der Waals surface area contributed by atoms with E-state index < -0.39 is 250 Å². The monoisotopic (exact) mass is 1350 g/mol. The Morgan fingerprint density at radius 3 is 1.64 bits per heavy atom. The van der Waals surface area contributed by atoms with Crippen LogP contribution in [0.5, 0.6) is 0 Å². The molecule has 6 saturated heterocycles. The highest BCUT2D eigenvalue weighted by Gasteiger charge is 2.72. The summed E-state index contributed by atoms with van der Waals surface area (Å²) >= 11 is 0. The number of aliphatic hydroxyl groups is 17. The summed E-state index contributed by atoms with van der Waals surface area (Å²) in [5.74, 6) is -1.39. The smallest absolute Gasteiger partial charge is 0.310 e. The first-order valence-electron chi connectivity index (χ1n) is 33.1. The number of rotatable bonds is 15. The number of allylic oxidation sites excluding steroid dienone is 2. The van der Waals surface area contributed by atoms with Crippen LogP contribution in [-0.2, 0) is 61.6 Å². The van der Waals surface area contributed by atoms with Gasteiger partial charge in [-0.05, 0) is 103 Å². The fraction of sp³-hybridized carbons (Fsp3) is 0.952. The van der Waals surface area contributed by atoms with E-state index in [0.717, 1.165) is 12.0 Å². The molecular formula is C63H102O31. The van der Waals surface area contributed by atoms with Crippen LogP contribution >= 0.6 is 0 Å². The van der Waals surface area contributed by atoms with E-state index in [1.807, 2.05) is 27.7 Å². The summed E-state index contributed by atoms with van der Waals surface area (Å²) in [6.45, 7) is 12.4. The molecule has 31 heteroatoms. The van der Waals surface area contributed by atoms with Gasteiger partial charge in [-0.15, -0.1) is 0 Å². The fourth-order valence-corrected chi connectivity index (χ4v) is 18.8. The van der Waals surface area contributed by atoms with Crippen LogP contribution in [0.25, 0.3) is 0 Å². The molecule has 6 aliphatic heterocycles. The predicted octanol–water partition coefficient (Wildman–Crippen LogP) is -4.93. The van der Waals surface area contributed by atoms with Crippen LogP contribution < -0.4 is 0 Å². The highest BCUT2D eigenvalue weighted by atomic mass is 16.8. The SMILES string of the molecule is C[C@@H]1O[C@@H](O[C@H]2[C@H](O)[C@@H](O)[C@H](O[C@@H]3[C@@H](O)[C@H](O[C@H]4[C@H](O[C@H]5[C@H](O)C[C@]6(C)[C@H]7CC=C8[C@@H]9CC(C)(C)[C@@H](O)C[C@]9(C(=O)O)CC[C@@]8(C)[C@]7(C)CC[C@H]6C5(C)C)O[C@H](CO)[C@@H](O[C@@H]5OC[C@@H](O)[C@H](O)[C@H]5O)[C@@H]4O)OC[C@H]3O[C@@H]3OC[C@H](O)[C@H](O)[C@H]3O)O[C@@H]2CO)[C@H](O)[C@H](O)[C@H]1O. The van der Waals surface area contributed by atoms with Gasteiger partial charge in [0, 0.05) is 0 Å². The molecular weight excluding hydrogens is 1250 g/mol. The van der Waals surface area contributed by atoms with Gasteiger partial charge in [0.25, 0.3) is 0 Å². The second-order valence-corrected chi connectivity index (χ2v) is 30.7. The molecule has 94 heavy (non-hydrogen) atoms. The molecule has 11 aliphatic rings. The Kier molecular flexibility index (Phi) is 21.1. The minimum absolute atomic E-state index is 0.0236. The number of ether oxygens (including phenoxy) is 12. The van der Waals surface area contributed by atoms with Crippen molar-refractivity contribution in [1.29, 1.82) is 0 Å². The van der Waals surface area contributed by atoms with Crippen molar-refractivity contribution in [3.05, 3.63) is 11.6 Å². The van der Waals surface area contributed by atoms with E-state index in [1.54, 1.807) is 0 Å². The molecule has 0 spiro atoms. The Labute approximate surface area is 543 Å². The fourth-order valence-electron chi connectivity index (χ4n) is 18.8. The molecule has 0 bridgehead atoms. The zero-order valence-electron chi connectivity index (χ0n) is 54.2. The second-order valence-electron chi connectivity index (χ2n) is 30.7. The molecule has 0 aromatic carbocycles. The lowest BCUT2D eigenvalue weighted by Crippen LogP contribution is -2.69. The van der Waals surface area contributed by atoms with Crippen molar-refractivity contribution in [2.24, 2.45) is 50.2 Å². The quantitative estimate of drug-likeness (QED) is 0.0540. The van der Waals surface area contributed by atoms with Gasteiger partial charge < -0.3 is 149 Å². The first-order chi connectivity index (χ1) is 44.0. The zero-order valence-corrected chi connectivity index (χ0v) is 54.2. The Morgan fingerprint density at radius 2 is 1.02 bits per heavy atom. The van der Waals surface area contributed by atoms with Gasteiger partial charge in [0.05, 0.1) is 62.9 Å². The van der Waals surface area contributed by atoms with Gasteiger partial charge in [-0.25, -0.2) is 0 Å². The minimum atomic E-state index is -2.19. The number of carboxylic acid groups (broad SMARTS) is 1. The van der Waals surface area contributed by atoms with Crippen molar-refractivity contribution in [1.82, 2.24) is 0 Å². The summed E-state index contributed by atoms with van der Waals surface area (Å²) in [4.78, 5) is 13.4. The molecule has 5 aliphatic carbocycles. The highest BCUT2D eigenvalue weighted by Crippen LogP contribution is 2.76. The maximum Gasteiger partial charge on any atom is 0.310 e. The van der Waals surface area contributed by atoms with Gasteiger partial charge in [-0.3, -0.25) is 4.79 Å². The molecule has 10 fully saturated rings. The number of aliphatic hydroxyl groups excluding tert-OH is 17. The predicted molar refractivity (Wildman–Crippen MR) is 312 cm³/mol. The Bertz CT molecular complexity index is 2660. The van der Waals surface area contributed by atoms with E-state index in [9.17, 15) is 96.7 Å². The summed E-state index contributed by atoms with van der Waals surface area (Å²) in [6.07, 6.45) is -45.6. The molecule has 37 atom stereocenters. The topological polar surface area (TPSA) is 492 Å². The maximum absolute atomic E-state index is 13.4. The molecule has 0 amide bonds. The van der Waals surface area contributed by atoms with Crippen molar-refractivity contribution in [2.45, 2.75) is 291 Å². The van der Waals surface area contributed by atoms with Crippen LogP contribution in [0.15, 0.2) is 11.6 Å². The third kappa shape index (κ3) is 12.3. The van der Waals surface area contributed by atoms with Gasteiger partial charge >= 0.3 is 5.97 Å². The molecule has 31 nitrogen and oxygen atoms in total. The van der Waals surface area contributed by atoms with Crippen LogP contribution in [0.4, 0.5) is 0 Å². The molecule has 0 aromatic heterocycles. The van der Waals surface area contributed by atoms with Crippen molar-refractivity contribution >= 4 is 5.97 Å². The summed E-state index contributed by atoms with van der Waals surface area (Å²) in [5, 5.41) is 201. The number of carbonyl (C=O) groups is 1. The first kappa shape index (κ1) is 73.3. The van der Waals surface area contributed by atoms with E-state index >= 15 is 0 Å². The molecule has 4 saturated carbocycles. The summed E-state index contributed by atoms with van der Waals surface area (Å²) in [6, 6.07) is 0. The third-order valence-electron chi connectivity index (χ3n) is 24.6. The summed E-state index contributed by atoms with van der Waals surface area (Å²) < 4.78 is 72.7. The summed E-state index contributed by atoms with van der Waals surface area (Å²) in [5.41, 5.74) is -2.84. The number of hydrogen-bond donors (Lipinski definition) is 18. The van der Waals surface area contributed by atoms with Crippen LogP contribution in [0.2, 0.25) is 0 Å². The van der Waals surface area contributed by atoms with E-state index in [1.165, 1.54) is 6.92 Å². The molecule has 0 radical (unpaired) electrons. The molecule has 540 valence electrons. The van der Waals surface area contributed by atoms with E-state index in [-0.39, 0.29) is 36.0 Å². The van der Waals surface area contributed by atoms with Gasteiger partial charge in [-0.2, -0.15) is 0 Å². The molecule has 0 unspecified atom stereocenters. The summed E-state index contributed by atoms with van der Waals surface area (Å²) in [7, 11) is 0. The number of carboxylic acids is 1. The van der Waals surface area contributed by atoms with Crippen molar-refractivity contribution in [2.75, 3.05) is 33.0 Å². The van der Waals surface area contributed by atoms with Crippen LogP contribution in [0.3, 0.4) is 0 Å². The second kappa shape index (κ2) is 27.1. The number of aliphatic carboxylic acids is 1. The van der Waals surface area contributed by atoms with Crippen molar-refractivity contribution in [3.8, 4) is 0 Å². The van der Waals surface area contributed by atoms with E-state index in [0.29, 0.717) is 32.1 Å². The molecule has 11 rings (SSSR count). The lowest BCUT2D eigenvalue weighted by atomic mass is 9.33. The standard InChI is InChI=1S/C63H102O31/c1-23-35(70)38(73)42(77)54(86-23)91-46-29(18-64)87-55(43(78)39(46)74)92-48-31(89-51-40(75)36(71)27(67)20-83-51)22-85-53(45(48)80)93-49-44(79)47(90-52-41(76)37(72)28(68)21-84-52)30(19-65)88-56(49)94-50-26(66)16-60(6)32(59(50,4)5)11-12-62(8)33(60)10-9-24-25-15-58(2,3)34(69)17-63(25,57(81)82)14-13-61(24,62)7/h9,23,25-56,64-80H,10-22H2,1-8H3,(H,81,82)/t23-,25-,26+,27-,28+,29+,30+,31+,32-,33+,34-,35-,36-,37-,38+,39+,40+,41+,42+,43+,44-,45+,46+,47+,48-,49+,50-,51-,52-,53-,54-,55-,56-,60-,61+,62+,63+/m0/s1. The van der Waals surface area contributed by atoms with Crippen molar-refractivity contribution < 1.29 is 154 Å². The average molecular weight is 1360 g/mol. The lowest BCUT2D eigenvalue weighted by molar-refractivity contribution is -0.404. The maximum atomic E-state index is 13.4. The van der Waals surface area contributed by atoms with Gasteiger partial charge in [-0.1, -0.05) is 60.1 Å². The largest absolute Gasteiger partial charge is 0.481 e. The third-order valence-corrected chi connectivity index (χ3v) is 24.6. The zero-order chi connectivity index (χ0) is 68.6. The minimum Gasteiger partial charge on any atom is -0.481 e. The number of hydrogen-bond acceptors (Lipinski definition) is 30. The lowest BCUT2D eigenvalue weighted by Gasteiger charge is -2.71. The Hall–Kier alpha value is -1.95. The van der Waals surface area contributed by atoms with Gasteiger partial charge in [0.1, 0.15) is 122 Å². The van der Waals surface area contributed by atoms with Crippen molar-refractivity contribution in [3.63, 3.8) is 0 Å². The van der Waals surface area contributed by atoms with E-state index in [2.05, 4.69) is 26.8 Å². The highest BCUT2D eigenvalue weighted by molar-refractivity contribution is 5.77. The van der Waals surface area contributed by atoms with Crippen LogP contribution in [0.1, 0.15) is 107 Å².